The zero-order chi connectivity index (χ0) is 11.3. The summed E-state index contributed by atoms with van der Waals surface area (Å²) in [5.74, 6) is 0.893. The van der Waals surface area contributed by atoms with Gasteiger partial charge in [0, 0.05) is 24.3 Å². The van der Waals surface area contributed by atoms with Crippen LogP contribution in [0.15, 0.2) is 24.3 Å². The molecule has 0 saturated carbocycles. The van der Waals surface area contributed by atoms with Gasteiger partial charge in [-0.3, -0.25) is 0 Å². The molecule has 0 saturated heterocycles. The van der Waals surface area contributed by atoms with Gasteiger partial charge in [-0.15, -0.1) is 0 Å². The molecule has 0 aromatic heterocycles. The lowest BCUT2D eigenvalue weighted by Crippen LogP contribution is -2.33. The molecule has 1 N–H and O–H groups in total. The van der Waals surface area contributed by atoms with Crippen LogP contribution in [0.4, 0.5) is 0 Å². The van der Waals surface area contributed by atoms with Crippen molar-refractivity contribution in [3.8, 4) is 0 Å². The number of benzene rings is 1. The standard InChI is InChI=1S/C13H21NS/c1-11-5-4-6-12(9-11)13(2,3)10-14-7-8-15/h4-6,9,14-15H,7-8,10H2,1-3H3. The fourth-order valence-corrected chi connectivity index (χ4v) is 1.81. The van der Waals surface area contributed by atoms with E-state index in [9.17, 15) is 0 Å². The first-order valence-electron chi connectivity index (χ1n) is 5.45. The molecule has 0 atom stereocenters. The molecule has 1 aromatic carbocycles. The molecule has 1 aromatic rings. The van der Waals surface area contributed by atoms with Gasteiger partial charge < -0.3 is 5.32 Å². The zero-order valence-corrected chi connectivity index (χ0v) is 10.8. The zero-order valence-electron chi connectivity index (χ0n) is 9.88. The minimum atomic E-state index is 0.189. The topological polar surface area (TPSA) is 12.0 Å². The van der Waals surface area contributed by atoms with Crippen molar-refractivity contribution in [2.75, 3.05) is 18.8 Å². The monoisotopic (exact) mass is 223 g/mol. The Morgan fingerprint density at radius 2 is 2.07 bits per heavy atom. The molecular weight excluding hydrogens is 202 g/mol. The molecule has 0 bridgehead atoms. The predicted octanol–water partition coefficient (Wildman–Crippen LogP) is 2.79. The molecule has 0 radical (unpaired) electrons. The van der Waals surface area contributed by atoms with Crippen LogP contribution in [-0.4, -0.2) is 18.8 Å². The summed E-state index contributed by atoms with van der Waals surface area (Å²) >= 11 is 4.19. The SMILES string of the molecule is Cc1cccc(C(C)(C)CNCCS)c1. The quantitative estimate of drug-likeness (QED) is 0.578. The molecule has 84 valence electrons. The van der Waals surface area contributed by atoms with Crippen LogP contribution in [0.3, 0.4) is 0 Å². The predicted molar refractivity (Wildman–Crippen MR) is 70.9 cm³/mol. The number of hydrogen-bond acceptors (Lipinski definition) is 2. The Labute approximate surface area is 98.7 Å². The fraction of sp³-hybridized carbons (Fsp3) is 0.538. The Bertz CT molecular complexity index is 307. The number of aryl methyl sites for hydroxylation is 1. The minimum absolute atomic E-state index is 0.189. The molecule has 0 spiro atoms. The van der Waals surface area contributed by atoms with Crippen molar-refractivity contribution in [3.05, 3.63) is 35.4 Å². The summed E-state index contributed by atoms with van der Waals surface area (Å²) in [5, 5.41) is 3.42. The van der Waals surface area contributed by atoms with E-state index in [0.29, 0.717) is 0 Å². The first-order valence-corrected chi connectivity index (χ1v) is 6.08. The van der Waals surface area contributed by atoms with Crippen molar-refractivity contribution >= 4 is 12.6 Å². The number of nitrogens with one attached hydrogen (secondary N) is 1. The van der Waals surface area contributed by atoms with Gasteiger partial charge in [0.15, 0.2) is 0 Å². The summed E-state index contributed by atoms with van der Waals surface area (Å²) < 4.78 is 0. The number of thiol groups is 1. The Morgan fingerprint density at radius 3 is 2.67 bits per heavy atom. The highest BCUT2D eigenvalue weighted by Gasteiger charge is 2.19. The van der Waals surface area contributed by atoms with E-state index in [-0.39, 0.29) is 5.41 Å². The van der Waals surface area contributed by atoms with Crippen LogP contribution in [0, 0.1) is 6.92 Å². The van der Waals surface area contributed by atoms with E-state index in [1.807, 2.05) is 0 Å². The summed E-state index contributed by atoms with van der Waals surface area (Å²) in [4.78, 5) is 0. The second-order valence-electron chi connectivity index (χ2n) is 4.65. The summed E-state index contributed by atoms with van der Waals surface area (Å²) in [6, 6.07) is 8.74. The fourth-order valence-electron chi connectivity index (χ4n) is 1.65. The average Bonchev–Trinajstić information content (AvgIpc) is 2.18. The molecule has 0 aliphatic rings. The summed E-state index contributed by atoms with van der Waals surface area (Å²) in [7, 11) is 0. The maximum absolute atomic E-state index is 4.19. The number of hydrogen-bond donors (Lipinski definition) is 2. The maximum Gasteiger partial charge on any atom is 0.00435 e. The van der Waals surface area contributed by atoms with Crippen molar-refractivity contribution in [3.63, 3.8) is 0 Å². The van der Waals surface area contributed by atoms with E-state index >= 15 is 0 Å². The lowest BCUT2D eigenvalue weighted by Gasteiger charge is -2.26. The van der Waals surface area contributed by atoms with Crippen molar-refractivity contribution in [2.45, 2.75) is 26.2 Å². The van der Waals surface area contributed by atoms with Gasteiger partial charge in [0.2, 0.25) is 0 Å². The summed E-state index contributed by atoms with van der Waals surface area (Å²) in [6.07, 6.45) is 0. The van der Waals surface area contributed by atoms with Gasteiger partial charge >= 0.3 is 0 Å². The van der Waals surface area contributed by atoms with Crippen LogP contribution in [-0.2, 0) is 5.41 Å². The summed E-state index contributed by atoms with van der Waals surface area (Å²) in [6.45, 7) is 8.65. The number of rotatable bonds is 5. The highest BCUT2D eigenvalue weighted by molar-refractivity contribution is 7.80. The highest BCUT2D eigenvalue weighted by Crippen LogP contribution is 2.22. The molecule has 0 aliphatic heterocycles. The molecule has 0 aliphatic carbocycles. The van der Waals surface area contributed by atoms with Crippen molar-refractivity contribution in [2.24, 2.45) is 0 Å². The van der Waals surface area contributed by atoms with Crippen molar-refractivity contribution in [1.29, 1.82) is 0 Å². The molecule has 2 heteroatoms. The van der Waals surface area contributed by atoms with Gasteiger partial charge in [0.05, 0.1) is 0 Å². The largest absolute Gasteiger partial charge is 0.315 e. The Hall–Kier alpha value is -0.470. The van der Waals surface area contributed by atoms with Crippen LogP contribution in [0.1, 0.15) is 25.0 Å². The van der Waals surface area contributed by atoms with Gasteiger partial charge in [-0.05, 0) is 12.5 Å². The van der Waals surface area contributed by atoms with Gasteiger partial charge in [0.25, 0.3) is 0 Å². The van der Waals surface area contributed by atoms with E-state index in [1.165, 1.54) is 11.1 Å². The highest BCUT2D eigenvalue weighted by atomic mass is 32.1. The minimum Gasteiger partial charge on any atom is -0.315 e. The first-order chi connectivity index (χ1) is 7.06. The Morgan fingerprint density at radius 1 is 1.33 bits per heavy atom. The van der Waals surface area contributed by atoms with Gasteiger partial charge in [-0.1, -0.05) is 43.7 Å². The van der Waals surface area contributed by atoms with Crippen molar-refractivity contribution < 1.29 is 0 Å². The van der Waals surface area contributed by atoms with E-state index in [0.717, 1.165) is 18.8 Å². The molecule has 1 rings (SSSR count). The van der Waals surface area contributed by atoms with Gasteiger partial charge in [0.1, 0.15) is 0 Å². The van der Waals surface area contributed by atoms with E-state index in [1.54, 1.807) is 0 Å². The third kappa shape index (κ3) is 3.88. The van der Waals surface area contributed by atoms with Gasteiger partial charge in [-0.25, -0.2) is 0 Å². The average molecular weight is 223 g/mol. The van der Waals surface area contributed by atoms with Gasteiger partial charge in [-0.2, -0.15) is 12.6 Å². The van der Waals surface area contributed by atoms with Crippen LogP contribution >= 0.6 is 12.6 Å². The molecule has 0 unspecified atom stereocenters. The smallest absolute Gasteiger partial charge is 0.00435 e. The second-order valence-corrected chi connectivity index (χ2v) is 5.10. The molecular formula is C13H21NS. The van der Waals surface area contributed by atoms with Crippen LogP contribution < -0.4 is 5.32 Å². The van der Waals surface area contributed by atoms with E-state index in [2.05, 4.69) is 63.0 Å². The van der Waals surface area contributed by atoms with E-state index < -0.39 is 0 Å². The molecule has 1 nitrogen and oxygen atoms in total. The Balaban J connectivity index is 2.67. The molecule has 0 amide bonds. The normalized spacial score (nSPS) is 11.7. The maximum atomic E-state index is 4.19. The Kier molecular flexibility index (Phi) is 4.68. The third-order valence-electron chi connectivity index (χ3n) is 2.66. The van der Waals surface area contributed by atoms with Crippen LogP contribution in [0.5, 0.6) is 0 Å². The molecule has 15 heavy (non-hydrogen) atoms. The first kappa shape index (κ1) is 12.6. The van der Waals surface area contributed by atoms with E-state index in [4.69, 9.17) is 0 Å². The van der Waals surface area contributed by atoms with Crippen molar-refractivity contribution in [1.82, 2.24) is 5.32 Å². The molecule has 0 fully saturated rings. The van der Waals surface area contributed by atoms with Crippen LogP contribution in [0.25, 0.3) is 0 Å². The molecule has 0 heterocycles. The summed E-state index contributed by atoms with van der Waals surface area (Å²) in [5.41, 5.74) is 2.92. The lowest BCUT2D eigenvalue weighted by molar-refractivity contribution is 0.478. The lowest BCUT2D eigenvalue weighted by atomic mass is 9.84. The van der Waals surface area contributed by atoms with Crippen LogP contribution in [0.2, 0.25) is 0 Å². The third-order valence-corrected chi connectivity index (χ3v) is 2.88. The second kappa shape index (κ2) is 5.57.